The van der Waals surface area contributed by atoms with Gasteiger partial charge in [0.25, 0.3) is 0 Å². The van der Waals surface area contributed by atoms with Gasteiger partial charge in [0.05, 0.1) is 34.2 Å². The van der Waals surface area contributed by atoms with Crippen molar-refractivity contribution in [1.82, 2.24) is 0 Å². The van der Waals surface area contributed by atoms with Crippen molar-refractivity contribution in [2.75, 3.05) is 46.2 Å². The number of hydrogen-bond donors (Lipinski definition) is 0. The topological polar surface area (TPSA) is 3.24 Å². The molecule has 0 atom stereocenters. The highest BCUT2D eigenvalue weighted by Gasteiger charge is 2.09. The van der Waals surface area contributed by atoms with Gasteiger partial charge in [-0.3, -0.25) is 0 Å². The van der Waals surface area contributed by atoms with Crippen molar-refractivity contribution in [3.8, 4) is 0 Å². The van der Waals surface area contributed by atoms with Crippen molar-refractivity contribution in [2.45, 2.75) is 0 Å². The minimum atomic E-state index is 0.791. The Bertz CT molecular complexity index is 300. The first-order valence-corrected chi connectivity index (χ1v) is 5.53. The van der Waals surface area contributed by atoms with Gasteiger partial charge in [-0.1, -0.05) is 11.6 Å². The Hall–Kier alpha value is -0.730. The standard InChI is InChI=1S/C12H20ClN2/c1-14(9-10-15(2,3)4)12-7-5-11(13)6-8-12/h5-8H,9-10H2,1-4H3/q+1. The zero-order valence-electron chi connectivity index (χ0n) is 10.00. The molecule has 15 heavy (non-hydrogen) atoms. The molecule has 2 nitrogen and oxygen atoms in total. The Kier molecular flexibility index (Phi) is 4.00. The summed E-state index contributed by atoms with van der Waals surface area (Å²) in [7, 11) is 8.72. The average molecular weight is 228 g/mol. The van der Waals surface area contributed by atoms with E-state index < -0.39 is 0 Å². The third-order valence-corrected chi connectivity index (χ3v) is 2.63. The Balaban J connectivity index is 2.54. The normalized spacial score (nSPS) is 11.5. The zero-order valence-corrected chi connectivity index (χ0v) is 10.8. The quantitative estimate of drug-likeness (QED) is 0.715. The first kappa shape index (κ1) is 12.3. The lowest BCUT2D eigenvalue weighted by Gasteiger charge is -2.28. The molecule has 0 heterocycles. The second kappa shape index (κ2) is 4.86. The summed E-state index contributed by atoms with van der Waals surface area (Å²) in [5.41, 5.74) is 1.22. The maximum Gasteiger partial charge on any atom is 0.0958 e. The van der Waals surface area contributed by atoms with Gasteiger partial charge in [-0.2, -0.15) is 0 Å². The van der Waals surface area contributed by atoms with Gasteiger partial charge < -0.3 is 9.38 Å². The van der Waals surface area contributed by atoms with Gasteiger partial charge in [0, 0.05) is 17.8 Å². The van der Waals surface area contributed by atoms with Crippen LogP contribution in [-0.2, 0) is 0 Å². The molecule has 0 saturated carbocycles. The predicted octanol–water partition coefficient (Wildman–Crippen LogP) is 2.48. The van der Waals surface area contributed by atoms with Crippen molar-refractivity contribution in [3.05, 3.63) is 29.3 Å². The molecule has 1 aromatic rings. The van der Waals surface area contributed by atoms with Crippen molar-refractivity contribution in [1.29, 1.82) is 0 Å². The Morgan fingerprint density at radius 3 is 2.13 bits per heavy atom. The molecule has 0 amide bonds. The highest BCUT2D eigenvalue weighted by atomic mass is 35.5. The van der Waals surface area contributed by atoms with Gasteiger partial charge in [0.15, 0.2) is 0 Å². The fourth-order valence-electron chi connectivity index (χ4n) is 1.27. The van der Waals surface area contributed by atoms with E-state index >= 15 is 0 Å². The second-order valence-corrected chi connectivity index (χ2v) is 5.35. The molecular weight excluding hydrogens is 208 g/mol. The van der Waals surface area contributed by atoms with Crippen LogP contribution in [0.4, 0.5) is 5.69 Å². The Morgan fingerprint density at radius 2 is 1.67 bits per heavy atom. The third-order valence-electron chi connectivity index (χ3n) is 2.37. The van der Waals surface area contributed by atoms with Crippen LogP contribution < -0.4 is 4.90 Å². The molecule has 0 fully saturated rings. The Morgan fingerprint density at radius 1 is 1.13 bits per heavy atom. The molecule has 3 heteroatoms. The fourth-order valence-corrected chi connectivity index (χ4v) is 1.40. The van der Waals surface area contributed by atoms with Crippen LogP contribution in [0.25, 0.3) is 0 Å². The largest absolute Gasteiger partial charge is 0.369 e. The minimum absolute atomic E-state index is 0.791. The smallest absolute Gasteiger partial charge is 0.0958 e. The first-order valence-electron chi connectivity index (χ1n) is 5.16. The minimum Gasteiger partial charge on any atom is -0.369 e. The molecule has 0 aromatic heterocycles. The van der Waals surface area contributed by atoms with Crippen LogP contribution in [-0.4, -0.2) is 45.8 Å². The van der Waals surface area contributed by atoms with Gasteiger partial charge in [-0.05, 0) is 24.3 Å². The first-order chi connectivity index (χ1) is 6.88. The van der Waals surface area contributed by atoms with E-state index in [-0.39, 0.29) is 0 Å². The summed E-state index contributed by atoms with van der Waals surface area (Å²) in [6.07, 6.45) is 0. The highest BCUT2D eigenvalue weighted by Crippen LogP contribution is 2.16. The van der Waals surface area contributed by atoms with Gasteiger partial charge >= 0.3 is 0 Å². The maximum atomic E-state index is 5.84. The molecular formula is C12H20ClN2+. The predicted molar refractivity (Wildman–Crippen MR) is 67.6 cm³/mol. The van der Waals surface area contributed by atoms with Crippen molar-refractivity contribution in [2.24, 2.45) is 0 Å². The summed E-state index contributed by atoms with van der Waals surface area (Å²) in [5, 5.41) is 0.791. The number of halogens is 1. The van der Waals surface area contributed by atoms with Crippen LogP contribution in [0.3, 0.4) is 0 Å². The molecule has 0 aliphatic rings. The van der Waals surface area contributed by atoms with Crippen LogP contribution in [0.1, 0.15) is 0 Å². The van der Waals surface area contributed by atoms with E-state index in [0.717, 1.165) is 22.6 Å². The SMILES string of the molecule is CN(CC[N+](C)(C)C)c1ccc(Cl)cc1. The monoisotopic (exact) mass is 227 g/mol. The van der Waals surface area contributed by atoms with E-state index in [4.69, 9.17) is 11.6 Å². The average Bonchev–Trinajstić information content (AvgIpc) is 2.14. The van der Waals surface area contributed by atoms with Crippen molar-refractivity contribution >= 4 is 17.3 Å². The second-order valence-electron chi connectivity index (χ2n) is 4.91. The molecule has 0 spiro atoms. The lowest BCUT2D eigenvalue weighted by Crippen LogP contribution is -2.41. The van der Waals surface area contributed by atoms with Crippen molar-refractivity contribution in [3.63, 3.8) is 0 Å². The van der Waals surface area contributed by atoms with Crippen LogP contribution in [0.5, 0.6) is 0 Å². The number of quaternary nitrogens is 1. The third kappa shape index (κ3) is 4.54. The summed E-state index contributed by atoms with van der Waals surface area (Å²) in [4.78, 5) is 2.25. The molecule has 0 unspecified atom stereocenters. The maximum absolute atomic E-state index is 5.84. The summed E-state index contributed by atoms with van der Waals surface area (Å²) < 4.78 is 0.984. The zero-order chi connectivity index (χ0) is 11.5. The summed E-state index contributed by atoms with van der Waals surface area (Å²) >= 11 is 5.84. The van der Waals surface area contributed by atoms with Gasteiger partial charge in [0.1, 0.15) is 0 Å². The van der Waals surface area contributed by atoms with E-state index in [1.165, 1.54) is 5.69 Å². The van der Waals surface area contributed by atoms with Gasteiger partial charge in [-0.15, -0.1) is 0 Å². The molecule has 1 rings (SSSR count). The molecule has 84 valence electrons. The number of anilines is 1. The number of rotatable bonds is 4. The molecule has 0 aliphatic heterocycles. The van der Waals surface area contributed by atoms with Crippen LogP contribution in [0, 0.1) is 0 Å². The van der Waals surface area contributed by atoms with E-state index in [1.807, 2.05) is 12.1 Å². The lowest BCUT2D eigenvalue weighted by molar-refractivity contribution is -0.868. The molecule has 0 bridgehead atoms. The molecule has 0 aliphatic carbocycles. The Labute approximate surface area is 97.7 Å². The number of likely N-dealkylation sites (N-methyl/N-ethyl adjacent to an activating group) is 2. The van der Waals surface area contributed by atoms with Crippen LogP contribution in [0.15, 0.2) is 24.3 Å². The molecule has 0 N–H and O–H groups in total. The van der Waals surface area contributed by atoms with Crippen molar-refractivity contribution < 1.29 is 4.48 Å². The number of nitrogens with zero attached hydrogens (tertiary/aromatic N) is 2. The van der Waals surface area contributed by atoms with Gasteiger partial charge in [0.2, 0.25) is 0 Å². The number of benzene rings is 1. The van der Waals surface area contributed by atoms with Crippen LogP contribution >= 0.6 is 11.6 Å². The lowest BCUT2D eigenvalue weighted by atomic mass is 10.3. The summed E-state index contributed by atoms with van der Waals surface area (Å²) in [5.74, 6) is 0. The molecule has 0 saturated heterocycles. The summed E-state index contributed by atoms with van der Waals surface area (Å²) in [6.45, 7) is 2.17. The van der Waals surface area contributed by atoms with Gasteiger partial charge in [-0.25, -0.2) is 0 Å². The summed E-state index contributed by atoms with van der Waals surface area (Å²) in [6, 6.07) is 7.97. The fraction of sp³-hybridized carbons (Fsp3) is 0.500. The molecule has 0 radical (unpaired) electrons. The molecule has 1 aromatic carbocycles. The van der Waals surface area contributed by atoms with E-state index in [9.17, 15) is 0 Å². The number of hydrogen-bond acceptors (Lipinski definition) is 1. The van der Waals surface area contributed by atoms with E-state index in [2.05, 4.69) is 45.2 Å². The van der Waals surface area contributed by atoms with E-state index in [1.54, 1.807) is 0 Å². The van der Waals surface area contributed by atoms with Crippen LogP contribution in [0.2, 0.25) is 5.02 Å². The highest BCUT2D eigenvalue weighted by molar-refractivity contribution is 6.30. The van der Waals surface area contributed by atoms with E-state index in [0.29, 0.717) is 0 Å².